The zero-order valence-electron chi connectivity index (χ0n) is 19.0. The molecule has 2 amide bonds. The molecule has 8 heteroatoms. The lowest BCUT2D eigenvalue weighted by Crippen LogP contribution is -2.51. The van der Waals surface area contributed by atoms with Crippen molar-refractivity contribution in [2.75, 3.05) is 13.7 Å². The first-order valence-electron chi connectivity index (χ1n) is 11.2. The van der Waals surface area contributed by atoms with E-state index < -0.39 is 6.04 Å². The van der Waals surface area contributed by atoms with Gasteiger partial charge in [0.1, 0.15) is 17.5 Å². The predicted octanol–water partition coefficient (Wildman–Crippen LogP) is 5.36. The van der Waals surface area contributed by atoms with Gasteiger partial charge in [0.25, 0.3) is 5.91 Å². The lowest BCUT2D eigenvalue weighted by atomic mass is 9.95. The third-order valence-electron chi connectivity index (χ3n) is 5.85. The third-order valence-corrected chi connectivity index (χ3v) is 6.71. The highest BCUT2D eigenvalue weighted by Gasteiger charge is 2.28. The molecular weight excluding hydrogens is 508 g/mol. The average Bonchev–Trinajstić information content (AvgIpc) is 2.82. The van der Waals surface area contributed by atoms with Crippen LogP contribution >= 0.6 is 27.5 Å². The van der Waals surface area contributed by atoms with Crippen LogP contribution in [0, 0.1) is 0 Å². The predicted molar refractivity (Wildman–Crippen MR) is 133 cm³/mol. The van der Waals surface area contributed by atoms with Crippen molar-refractivity contribution in [2.24, 2.45) is 0 Å². The number of nitrogens with one attached hydrogen (secondary N) is 1. The number of ether oxygens (including phenoxy) is 2. The summed E-state index contributed by atoms with van der Waals surface area (Å²) < 4.78 is 11.7. The monoisotopic (exact) mass is 536 g/mol. The Kier molecular flexibility index (Phi) is 9.44. The molecule has 1 aliphatic rings. The van der Waals surface area contributed by atoms with Crippen molar-refractivity contribution in [2.45, 2.75) is 57.7 Å². The molecule has 0 aliphatic heterocycles. The number of halogens is 2. The van der Waals surface area contributed by atoms with E-state index >= 15 is 0 Å². The zero-order chi connectivity index (χ0) is 23.8. The Hall–Kier alpha value is -2.25. The van der Waals surface area contributed by atoms with Gasteiger partial charge in [-0.1, -0.05) is 43.0 Å². The quantitative estimate of drug-likeness (QED) is 0.468. The van der Waals surface area contributed by atoms with E-state index in [4.69, 9.17) is 21.1 Å². The molecule has 2 aromatic rings. The molecule has 1 saturated carbocycles. The Morgan fingerprint density at radius 2 is 1.94 bits per heavy atom. The summed E-state index contributed by atoms with van der Waals surface area (Å²) in [5, 5.41) is 3.69. The highest BCUT2D eigenvalue weighted by molar-refractivity contribution is 9.10. The summed E-state index contributed by atoms with van der Waals surface area (Å²) in [5.74, 6) is 0.769. The molecule has 0 aromatic heterocycles. The van der Waals surface area contributed by atoms with Gasteiger partial charge < -0.3 is 19.7 Å². The minimum absolute atomic E-state index is 0.147. The van der Waals surface area contributed by atoms with Gasteiger partial charge in [-0.15, -0.1) is 0 Å². The second-order valence-corrected chi connectivity index (χ2v) is 9.55. The molecule has 0 spiro atoms. The van der Waals surface area contributed by atoms with E-state index in [1.165, 1.54) is 6.42 Å². The van der Waals surface area contributed by atoms with Gasteiger partial charge in [0.15, 0.2) is 6.61 Å². The number of amides is 2. The molecule has 2 aromatic carbocycles. The number of rotatable bonds is 9. The molecule has 6 nitrogen and oxygen atoms in total. The lowest BCUT2D eigenvalue weighted by molar-refractivity contribution is -0.142. The van der Waals surface area contributed by atoms with Gasteiger partial charge in [-0.05, 0) is 71.6 Å². The fourth-order valence-electron chi connectivity index (χ4n) is 3.93. The Balaban J connectivity index is 1.74. The molecule has 1 unspecified atom stereocenters. The second kappa shape index (κ2) is 12.3. The highest BCUT2D eigenvalue weighted by atomic mass is 79.9. The minimum atomic E-state index is -0.650. The van der Waals surface area contributed by atoms with Crippen molar-refractivity contribution >= 4 is 39.3 Å². The van der Waals surface area contributed by atoms with E-state index in [9.17, 15) is 9.59 Å². The summed E-state index contributed by atoms with van der Waals surface area (Å²) in [7, 11) is 1.60. The Bertz CT molecular complexity index is 965. The van der Waals surface area contributed by atoms with Gasteiger partial charge in [0.05, 0.1) is 11.6 Å². The van der Waals surface area contributed by atoms with Crippen LogP contribution in [-0.2, 0) is 16.1 Å². The third kappa shape index (κ3) is 7.37. The van der Waals surface area contributed by atoms with Gasteiger partial charge in [0.2, 0.25) is 5.91 Å². The fraction of sp³-hybridized carbons (Fsp3) is 0.440. The van der Waals surface area contributed by atoms with Crippen molar-refractivity contribution in [1.82, 2.24) is 10.2 Å². The molecule has 1 atom stereocenters. The summed E-state index contributed by atoms with van der Waals surface area (Å²) in [5.41, 5.74) is 0.868. The van der Waals surface area contributed by atoms with Crippen LogP contribution in [0.25, 0.3) is 0 Å². The number of hydrogen-bond acceptors (Lipinski definition) is 4. The summed E-state index contributed by atoms with van der Waals surface area (Å²) in [6.45, 7) is 1.82. The number of methoxy groups -OCH3 is 1. The number of nitrogens with zero attached hydrogens (tertiary/aromatic N) is 1. The van der Waals surface area contributed by atoms with Gasteiger partial charge in [-0.2, -0.15) is 0 Å². The minimum Gasteiger partial charge on any atom is -0.497 e. The molecule has 3 rings (SSSR count). The van der Waals surface area contributed by atoms with Crippen LogP contribution in [0.1, 0.15) is 44.6 Å². The van der Waals surface area contributed by atoms with Crippen LogP contribution in [0.2, 0.25) is 5.02 Å². The topological polar surface area (TPSA) is 67.9 Å². The van der Waals surface area contributed by atoms with Crippen LogP contribution in [0.15, 0.2) is 46.9 Å². The first kappa shape index (κ1) is 25.4. The smallest absolute Gasteiger partial charge is 0.261 e. The van der Waals surface area contributed by atoms with Crippen molar-refractivity contribution in [3.63, 3.8) is 0 Å². The Labute approximate surface area is 208 Å². The van der Waals surface area contributed by atoms with Crippen LogP contribution in [-0.4, -0.2) is 42.5 Å². The number of carbonyl (C=O) groups is 2. The first-order chi connectivity index (χ1) is 15.9. The molecule has 0 radical (unpaired) electrons. The van der Waals surface area contributed by atoms with Crippen molar-refractivity contribution in [1.29, 1.82) is 0 Å². The van der Waals surface area contributed by atoms with E-state index in [-0.39, 0.29) is 31.0 Å². The maximum atomic E-state index is 13.2. The largest absolute Gasteiger partial charge is 0.497 e. The SMILES string of the molecule is COc1cccc(CN(C(=O)COc2ccc(Cl)cc2Br)C(C)C(=O)NC2CCCCC2)c1. The molecule has 1 N–H and O–H groups in total. The summed E-state index contributed by atoms with van der Waals surface area (Å²) in [4.78, 5) is 27.8. The molecular formula is C25H30BrClN2O4. The number of carbonyl (C=O) groups excluding carboxylic acids is 2. The summed E-state index contributed by atoms with van der Waals surface area (Å²) >= 11 is 9.39. The lowest BCUT2D eigenvalue weighted by Gasteiger charge is -2.31. The standard InChI is InChI=1S/C25H30BrClN2O4/c1-17(25(31)28-20-8-4-3-5-9-20)29(15-18-7-6-10-21(13-18)32-2)24(30)16-33-23-12-11-19(27)14-22(23)26/h6-7,10-14,17,20H,3-5,8-9,15-16H2,1-2H3,(H,28,31). The van der Waals surface area contributed by atoms with Crippen molar-refractivity contribution < 1.29 is 19.1 Å². The van der Waals surface area contributed by atoms with E-state index in [0.29, 0.717) is 21.0 Å². The molecule has 1 aliphatic carbocycles. The van der Waals surface area contributed by atoms with Gasteiger partial charge in [0, 0.05) is 17.6 Å². The molecule has 0 heterocycles. The van der Waals surface area contributed by atoms with Crippen LogP contribution in [0.5, 0.6) is 11.5 Å². The highest BCUT2D eigenvalue weighted by Crippen LogP contribution is 2.28. The maximum absolute atomic E-state index is 13.2. The van der Waals surface area contributed by atoms with Crippen LogP contribution in [0.3, 0.4) is 0 Å². The molecule has 178 valence electrons. The van der Waals surface area contributed by atoms with Crippen molar-refractivity contribution in [3.05, 3.63) is 57.5 Å². The summed E-state index contributed by atoms with van der Waals surface area (Å²) in [6.07, 6.45) is 5.41. The van der Waals surface area contributed by atoms with E-state index in [2.05, 4.69) is 21.2 Å². The maximum Gasteiger partial charge on any atom is 0.261 e. The van der Waals surface area contributed by atoms with E-state index in [1.54, 1.807) is 37.1 Å². The molecule has 0 saturated heterocycles. The molecule has 1 fully saturated rings. The second-order valence-electron chi connectivity index (χ2n) is 8.26. The van der Waals surface area contributed by atoms with Gasteiger partial charge in [-0.25, -0.2) is 0 Å². The fourth-order valence-corrected chi connectivity index (χ4v) is 4.73. The van der Waals surface area contributed by atoms with Crippen LogP contribution < -0.4 is 14.8 Å². The van der Waals surface area contributed by atoms with Gasteiger partial charge in [-0.3, -0.25) is 9.59 Å². The average molecular weight is 538 g/mol. The first-order valence-corrected chi connectivity index (χ1v) is 12.3. The van der Waals surface area contributed by atoms with Gasteiger partial charge >= 0.3 is 0 Å². The summed E-state index contributed by atoms with van der Waals surface area (Å²) in [6, 6.07) is 12.1. The Morgan fingerprint density at radius 3 is 2.64 bits per heavy atom. The van der Waals surface area contributed by atoms with Crippen molar-refractivity contribution in [3.8, 4) is 11.5 Å². The number of hydrogen-bond donors (Lipinski definition) is 1. The Morgan fingerprint density at radius 1 is 1.18 bits per heavy atom. The number of benzene rings is 2. The van der Waals surface area contributed by atoms with Crippen LogP contribution in [0.4, 0.5) is 0 Å². The normalized spacial score (nSPS) is 14.9. The van der Waals surface area contributed by atoms with E-state index in [1.807, 2.05) is 24.3 Å². The molecule has 0 bridgehead atoms. The van der Waals surface area contributed by atoms with E-state index in [0.717, 1.165) is 31.2 Å². The molecule has 33 heavy (non-hydrogen) atoms. The zero-order valence-corrected chi connectivity index (χ0v) is 21.3.